The lowest BCUT2D eigenvalue weighted by molar-refractivity contribution is -0.384. The molecule has 3 N–H and O–H groups in total. The van der Waals surface area contributed by atoms with Crippen LogP contribution in [0.25, 0.3) is 0 Å². The number of nitrogens with zero attached hydrogens (tertiary/aromatic N) is 1. The largest absolute Gasteiger partial charge is 0.416 e. The summed E-state index contributed by atoms with van der Waals surface area (Å²) in [5, 5.41) is 26.6. The smallest absolute Gasteiger partial charge is 0.393 e. The number of aliphatic hydroxyl groups is 1. The summed E-state index contributed by atoms with van der Waals surface area (Å²) in [4.78, 5) is 23.6. The molecule has 0 bridgehead atoms. The van der Waals surface area contributed by atoms with Gasteiger partial charge in [-0.3, -0.25) is 14.9 Å². The first-order valence-electron chi connectivity index (χ1n) is 10.3. The van der Waals surface area contributed by atoms with E-state index in [1.165, 1.54) is 37.3 Å². The number of alkyl halides is 3. The molecular formula is C22H24F3N3O4. The first-order valence-corrected chi connectivity index (χ1v) is 10.3. The summed E-state index contributed by atoms with van der Waals surface area (Å²) < 4.78 is 40.0. The Morgan fingerprint density at radius 1 is 1.16 bits per heavy atom. The quantitative estimate of drug-likeness (QED) is 0.432. The van der Waals surface area contributed by atoms with Crippen LogP contribution in [-0.4, -0.2) is 28.1 Å². The minimum Gasteiger partial charge on any atom is -0.393 e. The third-order valence-electron chi connectivity index (χ3n) is 5.60. The Bertz CT molecular complexity index is 989. The van der Waals surface area contributed by atoms with Gasteiger partial charge in [0, 0.05) is 23.9 Å². The molecule has 0 radical (unpaired) electrons. The van der Waals surface area contributed by atoms with E-state index in [4.69, 9.17) is 0 Å². The van der Waals surface area contributed by atoms with Gasteiger partial charge in [0.15, 0.2) is 0 Å². The molecule has 0 aromatic heterocycles. The van der Waals surface area contributed by atoms with Gasteiger partial charge in [0.2, 0.25) is 0 Å². The van der Waals surface area contributed by atoms with Crippen LogP contribution in [-0.2, 0) is 6.18 Å². The van der Waals surface area contributed by atoms with Gasteiger partial charge in [-0.2, -0.15) is 13.2 Å². The molecule has 7 nitrogen and oxygen atoms in total. The van der Waals surface area contributed by atoms with E-state index in [0.717, 1.165) is 12.1 Å². The predicted octanol–water partition coefficient (Wildman–Crippen LogP) is 4.82. The number of hydrogen-bond acceptors (Lipinski definition) is 5. The van der Waals surface area contributed by atoms with Crippen LogP contribution in [0.4, 0.5) is 24.5 Å². The second-order valence-corrected chi connectivity index (χ2v) is 7.92. The zero-order valence-corrected chi connectivity index (χ0v) is 17.4. The van der Waals surface area contributed by atoms with Crippen LogP contribution in [0, 0.1) is 10.1 Å². The number of hydrogen-bond donors (Lipinski definition) is 3. The summed E-state index contributed by atoms with van der Waals surface area (Å²) in [7, 11) is 0. The number of nitrogens with one attached hydrogen (secondary N) is 2. The van der Waals surface area contributed by atoms with Gasteiger partial charge < -0.3 is 15.7 Å². The average Bonchev–Trinajstić information content (AvgIpc) is 2.74. The molecule has 32 heavy (non-hydrogen) atoms. The number of carbonyl (C=O) groups excluding carboxylic acids is 1. The number of rotatable bonds is 6. The molecule has 1 amide bonds. The van der Waals surface area contributed by atoms with Crippen LogP contribution in [0.15, 0.2) is 42.5 Å². The van der Waals surface area contributed by atoms with Crippen LogP contribution < -0.4 is 10.6 Å². The van der Waals surface area contributed by atoms with E-state index < -0.39 is 28.6 Å². The monoisotopic (exact) mass is 451 g/mol. The molecule has 1 saturated carbocycles. The standard InChI is InChI=1S/C22H24F3N3O4/c1-13(17-4-2-3-5-19(17)22(23,24)25)26-21(30)18-12-15(28(31)32)8-11-20(18)27-14-6-9-16(29)10-7-14/h2-5,8,11-14,16,27,29H,6-7,9-10H2,1H3,(H,26,30). The topological polar surface area (TPSA) is 104 Å². The predicted molar refractivity (Wildman–Crippen MR) is 112 cm³/mol. The van der Waals surface area contributed by atoms with Crippen molar-refractivity contribution >= 4 is 17.3 Å². The van der Waals surface area contributed by atoms with E-state index in [1.807, 2.05) is 0 Å². The van der Waals surface area contributed by atoms with Crippen LogP contribution in [0.2, 0.25) is 0 Å². The van der Waals surface area contributed by atoms with Crippen molar-refractivity contribution in [3.8, 4) is 0 Å². The summed E-state index contributed by atoms with van der Waals surface area (Å²) in [6, 6.07) is 7.72. The number of carbonyl (C=O) groups is 1. The van der Waals surface area contributed by atoms with Crippen molar-refractivity contribution in [2.24, 2.45) is 0 Å². The van der Waals surface area contributed by atoms with Gasteiger partial charge in [0.05, 0.1) is 28.2 Å². The van der Waals surface area contributed by atoms with Gasteiger partial charge in [-0.25, -0.2) is 0 Å². The molecule has 2 aromatic carbocycles. The summed E-state index contributed by atoms with van der Waals surface area (Å²) in [6.45, 7) is 1.43. The van der Waals surface area contributed by atoms with Gasteiger partial charge in [-0.1, -0.05) is 18.2 Å². The van der Waals surface area contributed by atoms with Crippen molar-refractivity contribution < 1.29 is 28.0 Å². The molecule has 3 rings (SSSR count). The molecule has 0 heterocycles. The maximum Gasteiger partial charge on any atom is 0.416 e. The lowest BCUT2D eigenvalue weighted by Gasteiger charge is -2.28. The number of amides is 1. The zero-order chi connectivity index (χ0) is 23.5. The Kier molecular flexibility index (Phi) is 7.02. The average molecular weight is 451 g/mol. The van der Waals surface area contributed by atoms with Gasteiger partial charge in [-0.15, -0.1) is 0 Å². The summed E-state index contributed by atoms with van der Waals surface area (Å²) in [5.74, 6) is -0.725. The fraction of sp³-hybridized carbons (Fsp3) is 0.409. The zero-order valence-electron chi connectivity index (χ0n) is 17.4. The van der Waals surface area contributed by atoms with E-state index >= 15 is 0 Å². The van der Waals surface area contributed by atoms with Crippen LogP contribution in [0.1, 0.15) is 60.1 Å². The normalized spacial score (nSPS) is 19.8. The molecule has 172 valence electrons. The first kappa shape index (κ1) is 23.5. The lowest BCUT2D eigenvalue weighted by atomic mass is 9.92. The first-order chi connectivity index (χ1) is 15.1. The SMILES string of the molecule is CC(NC(=O)c1cc([N+](=O)[O-])ccc1NC1CCC(O)CC1)c1ccccc1C(F)(F)F. The highest BCUT2D eigenvalue weighted by atomic mass is 19.4. The molecule has 2 aromatic rings. The van der Waals surface area contributed by atoms with E-state index in [1.54, 1.807) is 0 Å². The maximum absolute atomic E-state index is 13.3. The van der Waals surface area contributed by atoms with Gasteiger partial charge in [-0.05, 0) is 50.3 Å². The minimum absolute atomic E-state index is 0.0262. The fourth-order valence-electron chi connectivity index (χ4n) is 3.88. The van der Waals surface area contributed by atoms with Crippen molar-refractivity contribution in [1.82, 2.24) is 5.32 Å². The van der Waals surface area contributed by atoms with Gasteiger partial charge in [0.25, 0.3) is 11.6 Å². The highest BCUT2D eigenvalue weighted by Crippen LogP contribution is 2.35. The Morgan fingerprint density at radius 3 is 2.44 bits per heavy atom. The molecule has 1 atom stereocenters. The van der Waals surface area contributed by atoms with Crippen LogP contribution in [0.5, 0.6) is 0 Å². The molecule has 10 heteroatoms. The highest BCUT2D eigenvalue weighted by Gasteiger charge is 2.34. The lowest BCUT2D eigenvalue weighted by Crippen LogP contribution is -2.31. The summed E-state index contributed by atoms with van der Waals surface area (Å²) in [5.41, 5.74) is -0.934. The van der Waals surface area contributed by atoms with Crippen molar-refractivity contribution in [2.75, 3.05) is 5.32 Å². The Morgan fingerprint density at radius 2 is 1.81 bits per heavy atom. The Labute approximate surface area is 182 Å². The van der Waals surface area contributed by atoms with Crippen LogP contribution in [0.3, 0.4) is 0 Å². The fourth-order valence-corrected chi connectivity index (χ4v) is 3.88. The van der Waals surface area contributed by atoms with Crippen LogP contribution >= 0.6 is 0 Å². The van der Waals surface area contributed by atoms with E-state index in [9.17, 15) is 33.2 Å². The molecule has 0 spiro atoms. The maximum atomic E-state index is 13.3. The number of halogens is 3. The van der Waals surface area contributed by atoms with Gasteiger partial charge >= 0.3 is 6.18 Å². The van der Waals surface area contributed by atoms with Crippen molar-refractivity contribution in [2.45, 2.75) is 57.0 Å². The number of benzene rings is 2. The minimum atomic E-state index is -4.58. The molecule has 0 saturated heterocycles. The number of anilines is 1. The molecular weight excluding hydrogens is 427 g/mol. The second-order valence-electron chi connectivity index (χ2n) is 7.92. The molecule has 1 aliphatic carbocycles. The van der Waals surface area contributed by atoms with Crippen molar-refractivity contribution in [1.29, 1.82) is 0 Å². The van der Waals surface area contributed by atoms with Crippen molar-refractivity contribution in [3.63, 3.8) is 0 Å². The molecule has 1 fully saturated rings. The third kappa shape index (κ3) is 5.56. The van der Waals surface area contributed by atoms with E-state index in [0.29, 0.717) is 31.4 Å². The number of non-ortho nitro benzene ring substituents is 1. The number of nitro groups is 1. The number of nitro benzene ring substituents is 1. The second kappa shape index (κ2) is 9.56. The molecule has 1 unspecified atom stereocenters. The van der Waals surface area contributed by atoms with Crippen molar-refractivity contribution in [3.05, 3.63) is 69.3 Å². The summed E-state index contributed by atoms with van der Waals surface area (Å²) in [6.07, 6.45) is -2.44. The molecule has 1 aliphatic rings. The number of aliphatic hydroxyl groups excluding tert-OH is 1. The van der Waals surface area contributed by atoms with E-state index in [-0.39, 0.29) is 29.0 Å². The van der Waals surface area contributed by atoms with E-state index in [2.05, 4.69) is 10.6 Å². The third-order valence-corrected chi connectivity index (χ3v) is 5.60. The highest BCUT2D eigenvalue weighted by molar-refractivity contribution is 6.00. The summed E-state index contributed by atoms with van der Waals surface area (Å²) >= 11 is 0. The molecule has 0 aliphatic heterocycles. The Balaban J connectivity index is 1.86. The van der Waals surface area contributed by atoms with Gasteiger partial charge in [0.1, 0.15) is 0 Å². The Hall–Kier alpha value is -3.14.